The summed E-state index contributed by atoms with van der Waals surface area (Å²) in [7, 11) is 3.26. The number of hydrogen-bond donors (Lipinski definition) is 1. The van der Waals surface area contributed by atoms with E-state index in [1.54, 1.807) is 31.4 Å². The molecule has 0 fully saturated rings. The van der Waals surface area contributed by atoms with Crippen LogP contribution in [0.3, 0.4) is 0 Å². The number of rotatable bonds is 3. The van der Waals surface area contributed by atoms with E-state index >= 15 is 0 Å². The fourth-order valence-corrected chi connectivity index (χ4v) is 1.78. The second-order valence-electron chi connectivity index (χ2n) is 3.56. The quantitative estimate of drug-likeness (QED) is 0.921. The van der Waals surface area contributed by atoms with Crippen LogP contribution in [0, 0.1) is 0 Å². The Hall–Kier alpha value is -2.01. The van der Waals surface area contributed by atoms with Gasteiger partial charge in [0.15, 0.2) is 0 Å². The summed E-state index contributed by atoms with van der Waals surface area (Å²) < 4.78 is 6.32. The summed E-state index contributed by atoms with van der Waals surface area (Å²) in [4.78, 5) is 11.9. The highest BCUT2D eigenvalue weighted by Gasteiger charge is 2.06. The Labute approximate surface area is 109 Å². The molecule has 0 amide bonds. The van der Waals surface area contributed by atoms with E-state index < -0.39 is 0 Å². The first kappa shape index (κ1) is 12.4. The van der Waals surface area contributed by atoms with E-state index in [-0.39, 0.29) is 5.56 Å². The van der Waals surface area contributed by atoms with Gasteiger partial charge in [-0.25, -0.2) is 0 Å². The van der Waals surface area contributed by atoms with Gasteiger partial charge in [-0.05, 0) is 18.2 Å². The van der Waals surface area contributed by atoms with Crippen LogP contribution >= 0.6 is 11.6 Å². The summed E-state index contributed by atoms with van der Waals surface area (Å²) in [5.74, 6) is 0.556. The van der Waals surface area contributed by atoms with E-state index in [4.69, 9.17) is 16.3 Å². The molecule has 5 nitrogen and oxygen atoms in total. The van der Waals surface area contributed by atoms with Gasteiger partial charge >= 0.3 is 0 Å². The number of nitrogens with one attached hydrogen (secondary N) is 1. The molecule has 0 radical (unpaired) electrons. The van der Waals surface area contributed by atoms with Crippen molar-refractivity contribution in [2.24, 2.45) is 0 Å². The summed E-state index contributed by atoms with van der Waals surface area (Å²) in [6.45, 7) is 0. The third-order valence-electron chi connectivity index (χ3n) is 2.47. The van der Waals surface area contributed by atoms with Gasteiger partial charge in [-0.15, -0.1) is 0 Å². The molecule has 94 valence electrons. The lowest BCUT2D eigenvalue weighted by Gasteiger charge is -2.08. The molecule has 1 N–H and O–H groups in total. The molecule has 18 heavy (non-hydrogen) atoms. The van der Waals surface area contributed by atoms with Crippen molar-refractivity contribution in [3.63, 3.8) is 0 Å². The van der Waals surface area contributed by atoms with E-state index in [1.807, 2.05) is 0 Å². The van der Waals surface area contributed by atoms with Gasteiger partial charge in [0.05, 0.1) is 29.7 Å². The summed E-state index contributed by atoms with van der Waals surface area (Å²) in [6, 6.07) is 6.51. The zero-order valence-electron chi connectivity index (χ0n) is 9.98. The Morgan fingerprint density at radius 2 is 2.17 bits per heavy atom. The summed E-state index contributed by atoms with van der Waals surface area (Å²) in [6.07, 6.45) is 1.57. The molecular weight excluding hydrogens is 254 g/mol. The van der Waals surface area contributed by atoms with E-state index in [9.17, 15) is 4.79 Å². The van der Waals surface area contributed by atoms with Crippen LogP contribution in [0.1, 0.15) is 0 Å². The predicted molar refractivity (Wildman–Crippen MR) is 70.9 cm³/mol. The van der Waals surface area contributed by atoms with Crippen molar-refractivity contribution in [3.8, 4) is 11.4 Å². The number of ether oxygens (including phenoxy) is 1. The van der Waals surface area contributed by atoms with Gasteiger partial charge in [-0.3, -0.25) is 4.79 Å². The second-order valence-corrected chi connectivity index (χ2v) is 3.97. The van der Waals surface area contributed by atoms with Crippen LogP contribution in [0.4, 0.5) is 5.69 Å². The fourth-order valence-electron chi connectivity index (χ4n) is 1.53. The minimum absolute atomic E-state index is 0.233. The van der Waals surface area contributed by atoms with Crippen LogP contribution in [-0.2, 0) is 0 Å². The lowest BCUT2D eigenvalue weighted by atomic mass is 10.3. The van der Waals surface area contributed by atoms with Gasteiger partial charge in [-0.1, -0.05) is 11.6 Å². The molecular formula is C12H12ClN3O2. The van der Waals surface area contributed by atoms with Gasteiger partial charge in [-0.2, -0.15) is 9.78 Å². The molecule has 0 saturated carbocycles. The lowest BCUT2D eigenvalue weighted by Crippen LogP contribution is -2.20. The van der Waals surface area contributed by atoms with Crippen molar-refractivity contribution >= 4 is 17.3 Å². The van der Waals surface area contributed by atoms with Gasteiger partial charge in [0.2, 0.25) is 0 Å². The Bertz CT molecular complexity index is 625. The number of hydrogen-bond acceptors (Lipinski definition) is 4. The molecule has 1 aromatic heterocycles. The van der Waals surface area contributed by atoms with Crippen molar-refractivity contribution in [3.05, 3.63) is 45.8 Å². The smallest absolute Gasteiger partial charge is 0.273 e. The number of halogens is 1. The molecule has 2 aromatic rings. The standard InChI is InChI=1S/C12H12ClN3O2/c1-14-8-5-12(17)16(15-7-8)9-3-4-11(18-2)10(13)6-9/h3-7,14H,1-2H3. The van der Waals surface area contributed by atoms with Crippen molar-refractivity contribution < 1.29 is 4.74 Å². The van der Waals surface area contributed by atoms with E-state index in [0.717, 1.165) is 0 Å². The van der Waals surface area contributed by atoms with E-state index in [0.29, 0.717) is 22.1 Å². The number of benzene rings is 1. The third kappa shape index (κ3) is 2.31. The Kier molecular flexibility index (Phi) is 3.53. The minimum atomic E-state index is -0.233. The maximum absolute atomic E-state index is 11.9. The van der Waals surface area contributed by atoms with Crippen LogP contribution in [0.5, 0.6) is 5.75 Å². The molecule has 0 saturated heterocycles. The molecule has 0 spiro atoms. The highest BCUT2D eigenvalue weighted by Crippen LogP contribution is 2.25. The largest absolute Gasteiger partial charge is 0.495 e. The van der Waals surface area contributed by atoms with Crippen LogP contribution in [0.25, 0.3) is 5.69 Å². The minimum Gasteiger partial charge on any atom is -0.495 e. The predicted octanol–water partition coefficient (Wildman–Crippen LogP) is 1.94. The molecule has 0 aliphatic carbocycles. The maximum atomic E-state index is 11.9. The number of methoxy groups -OCH3 is 1. The second kappa shape index (κ2) is 5.10. The SMILES string of the molecule is CNc1cnn(-c2ccc(OC)c(Cl)c2)c(=O)c1. The fraction of sp³-hybridized carbons (Fsp3) is 0.167. The zero-order valence-corrected chi connectivity index (χ0v) is 10.7. The van der Waals surface area contributed by atoms with Gasteiger partial charge < -0.3 is 10.1 Å². The number of nitrogens with zero attached hydrogens (tertiary/aromatic N) is 2. The Morgan fingerprint density at radius 3 is 2.72 bits per heavy atom. The first-order chi connectivity index (χ1) is 8.65. The first-order valence-corrected chi connectivity index (χ1v) is 5.64. The van der Waals surface area contributed by atoms with Gasteiger partial charge in [0, 0.05) is 13.1 Å². The highest BCUT2D eigenvalue weighted by atomic mass is 35.5. The molecule has 0 unspecified atom stereocenters. The van der Waals surface area contributed by atoms with Crippen LogP contribution < -0.4 is 15.6 Å². The summed E-state index contributed by atoms with van der Waals surface area (Å²) in [5.41, 5.74) is 1.02. The molecule has 1 aromatic carbocycles. The summed E-state index contributed by atoms with van der Waals surface area (Å²) >= 11 is 6.01. The van der Waals surface area contributed by atoms with Crippen LogP contribution in [0.15, 0.2) is 35.3 Å². The zero-order chi connectivity index (χ0) is 13.1. The molecule has 0 aliphatic rings. The normalized spacial score (nSPS) is 10.2. The van der Waals surface area contributed by atoms with Crippen molar-refractivity contribution in [1.29, 1.82) is 0 Å². The van der Waals surface area contributed by atoms with Gasteiger partial charge in [0.25, 0.3) is 5.56 Å². The van der Waals surface area contributed by atoms with Crippen molar-refractivity contribution in [2.45, 2.75) is 0 Å². The Morgan fingerprint density at radius 1 is 1.39 bits per heavy atom. The van der Waals surface area contributed by atoms with E-state index in [1.165, 1.54) is 17.9 Å². The molecule has 1 heterocycles. The average Bonchev–Trinajstić information content (AvgIpc) is 2.38. The first-order valence-electron chi connectivity index (χ1n) is 5.26. The number of anilines is 1. The topological polar surface area (TPSA) is 56.1 Å². The highest BCUT2D eigenvalue weighted by molar-refractivity contribution is 6.32. The third-order valence-corrected chi connectivity index (χ3v) is 2.76. The van der Waals surface area contributed by atoms with Gasteiger partial charge in [0.1, 0.15) is 5.75 Å². The molecule has 0 aliphatic heterocycles. The molecule has 2 rings (SSSR count). The monoisotopic (exact) mass is 265 g/mol. The van der Waals surface area contributed by atoms with Crippen LogP contribution in [0.2, 0.25) is 5.02 Å². The molecule has 6 heteroatoms. The molecule has 0 atom stereocenters. The average molecular weight is 266 g/mol. The van der Waals surface area contributed by atoms with Crippen LogP contribution in [-0.4, -0.2) is 23.9 Å². The molecule has 0 bridgehead atoms. The maximum Gasteiger partial charge on any atom is 0.273 e. The lowest BCUT2D eigenvalue weighted by molar-refractivity contribution is 0.415. The van der Waals surface area contributed by atoms with Crippen molar-refractivity contribution in [1.82, 2.24) is 9.78 Å². The summed E-state index contributed by atoms with van der Waals surface area (Å²) in [5, 5.41) is 7.34. The Balaban J connectivity index is 2.49. The number of aromatic nitrogens is 2. The van der Waals surface area contributed by atoms with Crippen molar-refractivity contribution in [2.75, 3.05) is 19.5 Å². The van der Waals surface area contributed by atoms with E-state index in [2.05, 4.69) is 10.4 Å².